The predicted molar refractivity (Wildman–Crippen MR) is 76.9 cm³/mol. The van der Waals surface area contributed by atoms with E-state index in [1.165, 1.54) is 14.2 Å². The van der Waals surface area contributed by atoms with E-state index in [9.17, 15) is 8.42 Å². The maximum atomic E-state index is 12.2. The smallest absolute Gasteiger partial charge is 0.240 e. The second-order valence-corrected chi connectivity index (χ2v) is 6.22. The first-order valence-electron chi connectivity index (χ1n) is 6.25. The molecule has 6 nitrogen and oxygen atoms in total. The van der Waals surface area contributed by atoms with Gasteiger partial charge in [-0.25, -0.2) is 13.1 Å². The number of nitrogens with one attached hydrogen (secondary N) is 1. The summed E-state index contributed by atoms with van der Waals surface area (Å²) in [5.74, 6) is 0. The summed E-state index contributed by atoms with van der Waals surface area (Å²) in [6, 6.07) is 4.91. The minimum absolute atomic E-state index is 0.151. The molecule has 1 aromatic carbocycles. The Morgan fingerprint density at radius 1 is 1.35 bits per heavy atom. The SMILES string of the molecule is COCC(CNS(=O)(=O)c1ccc(C)c(CN)c1)OC. The Bertz CT molecular complexity index is 531. The highest BCUT2D eigenvalue weighted by Crippen LogP contribution is 2.15. The topological polar surface area (TPSA) is 90.7 Å². The fourth-order valence-corrected chi connectivity index (χ4v) is 2.83. The quantitative estimate of drug-likeness (QED) is 0.725. The van der Waals surface area contributed by atoms with Gasteiger partial charge in [-0.05, 0) is 30.2 Å². The Labute approximate surface area is 120 Å². The minimum Gasteiger partial charge on any atom is -0.382 e. The molecule has 0 aliphatic rings. The highest BCUT2D eigenvalue weighted by atomic mass is 32.2. The van der Waals surface area contributed by atoms with Crippen LogP contribution in [0, 0.1) is 6.92 Å². The first-order valence-corrected chi connectivity index (χ1v) is 7.74. The molecule has 0 bridgehead atoms. The molecule has 0 amide bonds. The summed E-state index contributed by atoms with van der Waals surface area (Å²) in [5, 5.41) is 0. The molecule has 3 N–H and O–H groups in total. The lowest BCUT2D eigenvalue weighted by atomic mass is 10.1. The van der Waals surface area contributed by atoms with Crippen LogP contribution in [-0.2, 0) is 26.0 Å². The van der Waals surface area contributed by atoms with Gasteiger partial charge >= 0.3 is 0 Å². The van der Waals surface area contributed by atoms with Gasteiger partial charge in [-0.2, -0.15) is 0 Å². The molecule has 0 aliphatic heterocycles. The van der Waals surface area contributed by atoms with Crippen molar-refractivity contribution >= 4 is 10.0 Å². The predicted octanol–water partition coefficient (Wildman–Crippen LogP) is 0.393. The zero-order valence-electron chi connectivity index (χ0n) is 12.0. The normalized spacial score (nSPS) is 13.4. The number of aryl methyl sites for hydroxylation is 1. The lowest BCUT2D eigenvalue weighted by molar-refractivity contribution is 0.0320. The fraction of sp³-hybridized carbons (Fsp3) is 0.538. The zero-order valence-corrected chi connectivity index (χ0v) is 12.9. The monoisotopic (exact) mass is 302 g/mol. The molecule has 114 valence electrons. The van der Waals surface area contributed by atoms with E-state index in [-0.39, 0.29) is 17.5 Å². The van der Waals surface area contributed by atoms with Crippen LogP contribution in [0.2, 0.25) is 0 Å². The summed E-state index contributed by atoms with van der Waals surface area (Å²) >= 11 is 0. The molecule has 1 unspecified atom stereocenters. The lowest BCUT2D eigenvalue weighted by Gasteiger charge is -2.15. The van der Waals surface area contributed by atoms with E-state index in [1.807, 2.05) is 6.92 Å². The summed E-state index contributed by atoms with van der Waals surface area (Å²) < 4.78 is 36.9. The van der Waals surface area contributed by atoms with Crippen LogP contribution in [0.3, 0.4) is 0 Å². The lowest BCUT2D eigenvalue weighted by Crippen LogP contribution is -2.35. The van der Waals surface area contributed by atoms with E-state index < -0.39 is 10.0 Å². The first kappa shape index (κ1) is 17.1. The molecule has 0 aromatic heterocycles. The summed E-state index contributed by atoms with van der Waals surface area (Å²) in [6.45, 7) is 2.67. The molecule has 0 heterocycles. The highest BCUT2D eigenvalue weighted by Gasteiger charge is 2.17. The maximum absolute atomic E-state index is 12.2. The van der Waals surface area contributed by atoms with Gasteiger partial charge in [0.15, 0.2) is 0 Å². The third-order valence-corrected chi connectivity index (χ3v) is 4.46. The number of nitrogens with two attached hydrogens (primary N) is 1. The molecular formula is C13H22N2O4S. The molecule has 1 atom stereocenters. The third-order valence-electron chi connectivity index (χ3n) is 3.04. The molecule has 1 aromatic rings. The van der Waals surface area contributed by atoms with Crippen molar-refractivity contribution in [1.29, 1.82) is 0 Å². The number of hydrogen-bond donors (Lipinski definition) is 2. The molecule has 20 heavy (non-hydrogen) atoms. The second-order valence-electron chi connectivity index (χ2n) is 4.46. The molecule has 0 aliphatic carbocycles. The van der Waals surface area contributed by atoms with Crippen LogP contribution < -0.4 is 10.5 Å². The Morgan fingerprint density at radius 3 is 2.60 bits per heavy atom. The Morgan fingerprint density at radius 2 is 2.05 bits per heavy atom. The maximum Gasteiger partial charge on any atom is 0.240 e. The van der Waals surface area contributed by atoms with E-state index in [0.717, 1.165) is 11.1 Å². The van der Waals surface area contributed by atoms with Crippen molar-refractivity contribution in [1.82, 2.24) is 4.72 Å². The van der Waals surface area contributed by atoms with Crippen molar-refractivity contribution in [2.45, 2.75) is 24.5 Å². The van der Waals surface area contributed by atoms with Crippen LogP contribution in [-0.4, -0.2) is 41.9 Å². The molecule has 0 fully saturated rings. The average molecular weight is 302 g/mol. The van der Waals surface area contributed by atoms with Crippen LogP contribution in [0.15, 0.2) is 23.1 Å². The molecule has 1 rings (SSSR count). The third kappa shape index (κ3) is 4.53. The first-order chi connectivity index (χ1) is 9.44. The highest BCUT2D eigenvalue weighted by molar-refractivity contribution is 7.89. The van der Waals surface area contributed by atoms with Gasteiger partial charge in [-0.15, -0.1) is 0 Å². The number of ether oxygens (including phenoxy) is 2. The van der Waals surface area contributed by atoms with E-state index in [4.69, 9.17) is 15.2 Å². The van der Waals surface area contributed by atoms with Gasteiger partial charge in [0.2, 0.25) is 10.0 Å². The van der Waals surface area contributed by atoms with Gasteiger partial charge in [-0.3, -0.25) is 0 Å². The van der Waals surface area contributed by atoms with Gasteiger partial charge < -0.3 is 15.2 Å². The number of hydrogen-bond acceptors (Lipinski definition) is 5. The number of sulfonamides is 1. The zero-order chi connectivity index (χ0) is 15.2. The molecular weight excluding hydrogens is 280 g/mol. The number of rotatable bonds is 8. The van der Waals surface area contributed by atoms with Gasteiger partial charge in [0, 0.05) is 27.3 Å². The van der Waals surface area contributed by atoms with Gasteiger partial charge in [0.1, 0.15) is 0 Å². The van der Waals surface area contributed by atoms with Crippen LogP contribution in [0.4, 0.5) is 0 Å². The summed E-state index contributed by atoms with van der Waals surface area (Å²) in [7, 11) is -0.528. The Hall–Kier alpha value is -0.990. The van der Waals surface area contributed by atoms with E-state index >= 15 is 0 Å². The molecule has 0 saturated heterocycles. The van der Waals surface area contributed by atoms with Crippen molar-refractivity contribution in [2.75, 3.05) is 27.4 Å². The van der Waals surface area contributed by atoms with Crippen LogP contribution in [0.25, 0.3) is 0 Å². The fourth-order valence-electron chi connectivity index (χ4n) is 1.72. The van der Waals surface area contributed by atoms with E-state index in [1.54, 1.807) is 18.2 Å². The standard InChI is InChI=1S/C13H22N2O4S/c1-10-4-5-13(6-11(10)7-14)20(16,17)15-8-12(19-3)9-18-2/h4-6,12,15H,7-9,14H2,1-3H3. The Balaban J connectivity index is 2.83. The summed E-state index contributed by atoms with van der Waals surface area (Å²) in [6.07, 6.45) is -0.325. The van der Waals surface area contributed by atoms with Crippen molar-refractivity contribution in [3.63, 3.8) is 0 Å². The average Bonchev–Trinajstić information content (AvgIpc) is 2.43. The molecule has 0 saturated carbocycles. The van der Waals surface area contributed by atoms with Crippen LogP contribution >= 0.6 is 0 Å². The largest absolute Gasteiger partial charge is 0.382 e. The molecule has 7 heteroatoms. The van der Waals surface area contributed by atoms with Crippen LogP contribution in [0.5, 0.6) is 0 Å². The number of benzene rings is 1. The molecule has 0 spiro atoms. The van der Waals surface area contributed by atoms with Crippen molar-refractivity contribution in [3.05, 3.63) is 29.3 Å². The summed E-state index contributed by atoms with van der Waals surface area (Å²) in [4.78, 5) is 0.204. The van der Waals surface area contributed by atoms with Crippen LogP contribution in [0.1, 0.15) is 11.1 Å². The van der Waals surface area contributed by atoms with Crippen molar-refractivity contribution in [2.24, 2.45) is 5.73 Å². The minimum atomic E-state index is -3.57. The van der Waals surface area contributed by atoms with Crippen molar-refractivity contribution < 1.29 is 17.9 Å². The van der Waals surface area contributed by atoms with Gasteiger partial charge in [0.05, 0.1) is 17.6 Å². The van der Waals surface area contributed by atoms with Crippen molar-refractivity contribution in [3.8, 4) is 0 Å². The van der Waals surface area contributed by atoms with E-state index in [2.05, 4.69) is 4.72 Å². The van der Waals surface area contributed by atoms with E-state index in [0.29, 0.717) is 13.2 Å². The molecule has 0 radical (unpaired) electrons. The summed E-state index contributed by atoms with van der Waals surface area (Å²) in [5.41, 5.74) is 7.38. The second kappa shape index (κ2) is 7.70. The van der Waals surface area contributed by atoms with Gasteiger partial charge in [-0.1, -0.05) is 6.07 Å². The van der Waals surface area contributed by atoms with Gasteiger partial charge in [0.25, 0.3) is 0 Å². The Kier molecular flexibility index (Phi) is 6.57. The number of methoxy groups -OCH3 is 2.